The molecule has 0 aliphatic heterocycles. The molecule has 0 atom stereocenters. The number of hydrogen-bond donors (Lipinski definition) is 2. The average Bonchev–Trinajstić information content (AvgIpc) is 2.75. The number of nitrogens with one attached hydrogen (secondary N) is 2. The van der Waals surface area contributed by atoms with Crippen molar-refractivity contribution < 1.29 is 9.13 Å². The zero-order valence-electron chi connectivity index (χ0n) is 15.1. The van der Waals surface area contributed by atoms with Gasteiger partial charge in [0.15, 0.2) is 5.82 Å². The van der Waals surface area contributed by atoms with E-state index in [9.17, 15) is 4.39 Å². The van der Waals surface area contributed by atoms with E-state index >= 15 is 0 Å². The number of nitrogens with zero attached hydrogens (tertiary/aromatic N) is 3. The minimum absolute atomic E-state index is 0.305. The van der Waals surface area contributed by atoms with E-state index in [1.807, 2.05) is 19.0 Å². The molecule has 0 saturated carbocycles. The van der Waals surface area contributed by atoms with Crippen LogP contribution in [0.25, 0.3) is 6.08 Å². The van der Waals surface area contributed by atoms with Gasteiger partial charge in [0.25, 0.3) is 0 Å². The minimum Gasteiger partial charge on any atom is -0.492 e. The highest BCUT2D eigenvalue weighted by Gasteiger charge is 2.10. The molecule has 2 aromatic rings. The van der Waals surface area contributed by atoms with Crippen LogP contribution in [0.1, 0.15) is 11.1 Å². The largest absolute Gasteiger partial charge is 0.492 e. The average molecular weight is 357 g/mol. The Labute approximate surface area is 153 Å². The molecule has 0 radical (unpaired) electrons. The molecule has 0 amide bonds. The van der Waals surface area contributed by atoms with Gasteiger partial charge in [-0.2, -0.15) is 5.10 Å². The number of hydrogen-bond acceptors (Lipinski definition) is 5. The number of aromatic nitrogens is 3. The van der Waals surface area contributed by atoms with Gasteiger partial charge < -0.3 is 19.9 Å². The summed E-state index contributed by atoms with van der Waals surface area (Å²) >= 11 is 0. The molecule has 2 N–H and O–H groups in total. The molecule has 0 spiro atoms. The molecule has 0 bridgehead atoms. The zero-order chi connectivity index (χ0) is 18.8. The third-order valence-corrected chi connectivity index (χ3v) is 3.61. The Morgan fingerprint density at radius 1 is 1.38 bits per heavy atom. The van der Waals surface area contributed by atoms with Gasteiger partial charge in [0.2, 0.25) is 0 Å². The van der Waals surface area contributed by atoms with Gasteiger partial charge in [-0.15, -0.1) is 5.10 Å². The fourth-order valence-electron chi connectivity index (χ4n) is 2.22. The molecule has 1 aromatic heterocycles. The summed E-state index contributed by atoms with van der Waals surface area (Å²) in [6, 6.07) is 6.31. The lowest BCUT2D eigenvalue weighted by atomic mass is 10.2. The van der Waals surface area contributed by atoms with Gasteiger partial charge in [0.05, 0.1) is 6.20 Å². The second-order valence-electron chi connectivity index (χ2n) is 5.61. The Kier molecular flexibility index (Phi) is 7.57. The van der Waals surface area contributed by atoms with Gasteiger partial charge in [-0.25, -0.2) is 4.39 Å². The summed E-state index contributed by atoms with van der Waals surface area (Å²) in [7, 11) is 3.71. The van der Waals surface area contributed by atoms with E-state index in [0.717, 1.165) is 11.1 Å². The van der Waals surface area contributed by atoms with E-state index < -0.39 is 0 Å². The van der Waals surface area contributed by atoms with Crippen molar-refractivity contribution in [1.82, 2.24) is 20.5 Å². The molecule has 0 aliphatic rings. The Balaban J connectivity index is 2.23. The van der Waals surface area contributed by atoms with Crippen LogP contribution in [0.3, 0.4) is 0 Å². The van der Waals surface area contributed by atoms with Crippen LogP contribution in [-0.2, 0) is 6.54 Å². The van der Waals surface area contributed by atoms with E-state index in [1.54, 1.807) is 36.8 Å². The van der Waals surface area contributed by atoms with Crippen molar-refractivity contribution in [3.63, 3.8) is 0 Å². The van der Waals surface area contributed by atoms with Crippen LogP contribution in [0, 0.1) is 5.82 Å². The predicted molar refractivity (Wildman–Crippen MR) is 102 cm³/mol. The highest BCUT2D eigenvalue weighted by atomic mass is 19.1. The van der Waals surface area contributed by atoms with Crippen LogP contribution in [-0.4, -0.2) is 42.4 Å². The van der Waals surface area contributed by atoms with Crippen LogP contribution in [0.4, 0.5) is 10.2 Å². The summed E-state index contributed by atoms with van der Waals surface area (Å²) in [6.07, 6.45) is 6.81. The van der Waals surface area contributed by atoms with Crippen LogP contribution in [0.2, 0.25) is 0 Å². The molecular formula is C19H24FN5O. The normalized spacial score (nSPS) is 10.1. The summed E-state index contributed by atoms with van der Waals surface area (Å²) in [5.41, 5.74) is 1.55. The van der Waals surface area contributed by atoms with Crippen LogP contribution < -0.4 is 15.0 Å². The lowest BCUT2D eigenvalue weighted by molar-refractivity contribution is 0.314. The van der Waals surface area contributed by atoms with Gasteiger partial charge in [0, 0.05) is 43.7 Å². The van der Waals surface area contributed by atoms with Crippen molar-refractivity contribution in [3.8, 4) is 5.75 Å². The highest BCUT2D eigenvalue weighted by molar-refractivity contribution is 5.43. The fraction of sp³-hybridized carbons (Fsp3) is 0.263. The molecule has 138 valence electrons. The summed E-state index contributed by atoms with van der Waals surface area (Å²) < 4.78 is 19.4. The zero-order valence-corrected chi connectivity index (χ0v) is 15.1. The van der Waals surface area contributed by atoms with Crippen molar-refractivity contribution in [2.24, 2.45) is 0 Å². The summed E-state index contributed by atoms with van der Waals surface area (Å²) in [5.74, 6) is 0.970. The maximum atomic E-state index is 13.7. The third-order valence-electron chi connectivity index (χ3n) is 3.61. The molecule has 0 fully saturated rings. The van der Waals surface area contributed by atoms with E-state index in [0.29, 0.717) is 31.3 Å². The van der Waals surface area contributed by atoms with Crippen molar-refractivity contribution in [2.75, 3.05) is 32.1 Å². The van der Waals surface area contributed by atoms with Crippen LogP contribution in [0.5, 0.6) is 5.75 Å². The molecular weight excluding hydrogens is 333 g/mol. The van der Waals surface area contributed by atoms with Gasteiger partial charge in [0.1, 0.15) is 18.2 Å². The van der Waals surface area contributed by atoms with Crippen molar-refractivity contribution >= 4 is 11.9 Å². The Morgan fingerprint density at radius 2 is 2.23 bits per heavy atom. The third kappa shape index (κ3) is 5.86. The SMILES string of the molecule is C=Cc1cnnc(N(C)Cc2cc(F)ccc2OCCNC)cc[nH]c1. The predicted octanol–water partition coefficient (Wildman–Crippen LogP) is 2.95. The summed E-state index contributed by atoms with van der Waals surface area (Å²) in [6.45, 7) is 5.35. The van der Waals surface area contributed by atoms with Crippen LogP contribution in [0.15, 0.2) is 49.4 Å². The number of benzene rings is 1. The number of aromatic amines is 1. The fourth-order valence-corrected chi connectivity index (χ4v) is 2.22. The second-order valence-corrected chi connectivity index (χ2v) is 5.61. The second kappa shape index (κ2) is 10.1. The first-order valence-electron chi connectivity index (χ1n) is 8.27. The van der Waals surface area contributed by atoms with Gasteiger partial charge in [-0.3, -0.25) is 0 Å². The first-order chi connectivity index (χ1) is 12.6. The van der Waals surface area contributed by atoms with E-state index in [4.69, 9.17) is 4.74 Å². The summed E-state index contributed by atoms with van der Waals surface area (Å²) in [4.78, 5) is 4.90. The highest BCUT2D eigenvalue weighted by Crippen LogP contribution is 2.22. The topological polar surface area (TPSA) is 66.1 Å². The van der Waals surface area contributed by atoms with E-state index in [-0.39, 0.29) is 5.82 Å². The molecule has 0 unspecified atom stereocenters. The molecule has 1 aromatic carbocycles. The number of ether oxygens (including phenoxy) is 1. The molecule has 26 heavy (non-hydrogen) atoms. The smallest absolute Gasteiger partial charge is 0.152 e. The quantitative estimate of drug-likeness (QED) is 0.711. The molecule has 2 rings (SSSR count). The van der Waals surface area contributed by atoms with Crippen molar-refractivity contribution in [3.05, 3.63) is 66.4 Å². The number of likely N-dealkylation sites (N-methyl/N-ethyl adjacent to an activating group) is 1. The molecule has 1 heterocycles. The minimum atomic E-state index is -0.305. The Morgan fingerprint density at radius 3 is 3.00 bits per heavy atom. The molecule has 0 aliphatic carbocycles. The van der Waals surface area contributed by atoms with Gasteiger partial charge in [-0.05, 0) is 31.3 Å². The molecule has 0 saturated heterocycles. The Bertz CT molecular complexity index is 776. The van der Waals surface area contributed by atoms with E-state index in [2.05, 4.69) is 27.1 Å². The van der Waals surface area contributed by atoms with Gasteiger partial charge in [-0.1, -0.05) is 12.7 Å². The monoisotopic (exact) mass is 357 g/mol. The number of anilines is 1. The maximum Gasteiger partial charge on any atom is 0.152 e. The lowest BCUT2D eigenvalue weighted by Gasteiger charge is -2.19. The van der Waals surface area contributed by atoms with Crippen molar-refractivity contribution in [1.29, 1.82) is 0 Å². The van der Waals surface area contributed by atoms with Crippen LogP contribution >= 0.6 is 0 Å². The Hall–Kier alpha value is -2.93. The molecule has 6 nitrogen and oxygen atoms in total. The van der Waals surface area contributed by atoms with Gasteiger partial charge >= 0.3 is 0 Å². The van der Waals surface area contributed by atoms with E-state index in [1.165, 1.54) is 12.1 Å². The number of rotatable bonds is 8. The number of halogens is 1. The lowest BCUT2D eigenvalue weighted by Crippen LogP contribution is -2.20. The first-order valence-corrected chi connectivity index (χ1v) is 8.27. The standard InChI is InChI=1S/C19H24FN5O/c1-4-15-12-22-8-7-19(24-23-13-15)25(3)14-16-11-17(20)5-6-18(16)26-10-9-21-2/h4-8,11-13,21-22H,1,9-10,14H2,2-3H3. The van der Waals surface area contributed by atoms with Crippen molar-refractivity contribution in [2.45, 2.75) is 6.54 Å². The molecule has 7 heteroatoms. The maximum absolute atomic E-state index is 13.7. The number of H-pyrrole nitrogens is 1. The first kappa shape index (κ1) is 19.4. The summed E-state index contributed by atoms with van der Waals surface area (Å²) in [5, 5.41) is 11.3.